The Morgan fingerprint density at radius 3 is 2.42 bits per heavy atom. The lowest BCUT2D eigenvalue weighted by atomic mass is 10.1. The molecule has 6 nitrogen and oxygen atoms in total. The molecule has 0 atom stereocenters. The minimum Gasteiger partial charge on any atom is -0.455 e. The smallest absolute Gasteiger partial charge is 0.269 e. The van der Waals surface area contributed by atoms with Gasteiger partial charge in [-0.05, 0) is 48.5 Å². The zero-order valence-electron chi connectivity index (χ0n) is 12.3. The molecule has 7 heteroatoms. The van der Waals surface area contributed by atoms with E-state index in [1.807, 2.05) is 0 Å². The van der Waals surface area contributed by atoms with Crippen LogP contribution in [-0.2, 0) is 0 Å². The molecule has 0 aliphatic heterocycles. The van der Waals surface area contributed by atoms with Gasteiger partial charge in [0, 0.05) is 17.7 Å². The predicted molar refractivity (Wildman–Crippen MR) is 88.4 cm³/mol. The van der Waals surface area contributed by atoms with Crippen LogP contribution in [0.1, 0.15) is 5.76 Å². The number of hydrogen-bond donors (Lipinski definition) is 1. The number of nitrogens with one attached hydrogen (secondary N) is 1. The molecule has 120 valence electrons. The lowest BCUT2D eigenvalue weighted by molar-refractivity contribution is -0.384. The molecule has 3 aromatic rings. The van der Waals surface area contributed by atoms with E-state index in [-0.39, 0.29) is 11.5 Å². The van der Waals surface area contributed by atoms with E-state index < -0.39 is 4.92 Å². The molecule has 3 rings (SSSR count). The Morgan fingerprint density at radius 1 is 1.04 bits per heavy atom. The highest BCUT2D eigenvalue weighted by Crippen LogP contribution is 2.24. The van der Waals surface area contributed by atoms with Crippen molar-refractivity contribution in [2.45, 2.75) is 0 Å². The molecule has 0 radical (unpaired) electrons. The zero-order chi connectivity index (χ0) is 16.9. The van der Waals surface area contributed by atoms with Gasteiger partial charge >= 0.3 is 0 Å². The van der Waals surface area contributed by atoms with Crippen LogP contribution in [0.4, 0.5) is 15.8 Å². The lowest BCUT2D eigenvalue weighted by Crippen LogP contribution is -1.89. The van der Waals surface area contributed by atoms with Crippen molar-refractivity contribution >= 4 is 17.6 Å². The standard InChI is InChI=1S/C17H12FN3O3/c18-13-3-5-14(6-4-13)20-19-11-16-9-10-17(24-16)12-1-7-15(8-2-12)21(22)23/h1-11,20H/b19-11-. The summed E-state index contributed by atoms with van der Waals surface area (Å²) in [5, 5.41) is 14.6. The second-order valence-electron chi connectivity index (χ2n) is 4.88. The number of hydrogen-bond acceptors (Lipinski definition) is 5. The fourth-order valence-corrected chi connectivity index (χ4v) is 2.02. The van der Waals surface area contributed by atoms with Gasteiger partial charge in [0.1, 0.15) is 17.3 Å². The molecule has 2 aromatic carbocycles. The van der Waals surface area contributed by atoms with Crippen LogP contribution in [0.3, 0.4) is 0 Å². The van der Waals surface area contributed by atoms with Crippen molar-refractivity contribution in [2.75, 3.05) is 5.43 Å². The van der Waals surface area contributed by atoms with E-state index in [1.54, 1.807) is 36.4 Å². The predicted octanol–water partition coefficient (Wildman–Crippen LogP) is 4.44. The maximum atomic E-state index is 12.8. The first-order valence-corrected chi connectivity index (χ1v) is 7.01. The van der Waals surface area contributed by atoms with Crippen molar-refractivity contribution in [3.8, 4) is 11.3 Å². The summed E-state index contributed by atoms with van der Waals surface area (Å²) in [7, 11) is 0. The third-order valence-electron chi connectivity index (χ3n) is 3.22. The maximum absolute atomic E-state index is 12.8. The highest BCUT2D eigenvalue weighted by Gasteiger charge is 2.07. The Hall–Kier alpha value is -3.48. The Labute approximate surface area is 136 Å². The molecule has 0 aliphatic rings. The Morgan fingerprint density at radius 2 is 1.75 bits per heavy atom. The number of halogens is 1. The quantitative estimate of drug-likeness (QED) is 0.427. The largest absolute Gasteiger partial charge is 0.455 e. The van der Waals surface area contributed by atoms with Gasteiger partial charge in [0.05, 0.1) is 16.8 Å². The van der Waals surface area contributed by atoms with Gasteiger partial charge in [0.2, 0.25) is 0 Å². The molecule has 1 aromatic heterocycles. The van der Waals surface area contributed by atoms with E-state index in [2.05, 4.69) is 10.5 Å². The van der Waals surface area contributed by atoms with Crippen molar-refractivity contribution in [1.82, 2.24) is 0 Å². The van der Waals surface area contributed by atoms with E-state index in [4.69, 9.17) is 4.42 Å². The van der Waals surface area contributed by atoms with Gasteiger partial charge in [-0.2, -0.15) is 5.10 Å². The fourth-order valence-electron chi connectivity index (χ4n) is 2.02. The third kappa shape index (κ3) is 3.64. The summed E-state index contributed by atoms with van der Waals surface area (Å²) in [5.74, 6) is 0.773. The van der Waals surface area contributed by atoms with E-state index in [0.717, 1.165) is 5.56 Å². The molecular weight excluding hydrogens is 313 g/mol. The fraction of sp³-hybridized carbons (Fsp3) is 0. The molecule has 1 heterocycles. The SMILES string of the molecule is O=[N+]([O-])c1ccc(-c2ccc(/C=N\Nc3ccc(F)cc3)o2)cc1. The lowest BCUT2D eigenvalue weighted by Gasteiger charge is -1.98. The van der Waals surface area contributed by atoms with E-state index in [1.165, 1.54) is 30.5 Å². The topological polar surface area (TPSA) is 80.7 Å². The summed E-state index contributed by atoms with van der Waals surface area (Å²) in [6.07, 6.45) is 1.48. The van der Waals surface area contributed by atoms with Gasteiger partial charge in [0.25, 0.3) is 5.69 Å². The molecule has 0 unspecified atom stereocenters. The van der Waals surface area contributed by atoms with E-state index in [9.17, 15) is 14.5 Å². The van der Waals surface area contributed by atoms with Crippen LogP contribution in [0.5, 0.6) is 0 Å². The Kier molecular flexibility index (Phi) is 4.33. The van der Waals surface area contributed by atoms with Gasteiger partial charge in [-0.3, -0.25) is 15.5 Å². The number of nitro groups is 1. The summed E-state index contributed by atoms with van der Waals surface area (Å²) < 4.78 is 18.4. The third-order valence-corrected chi connectivity index (χ3v) is 3.22. The van der Waals surface area contributed by atoms with Crippen LogP contribution < -0.4 is 5.43 Å². The van der Waals surface area contributed by atoms with Crippen LogP contribution in [0.15, 0.2) is 70.2 Å². The van der Waals surface area contributed by atoms with Gasteiger partial charge in [0.15, 0.2) is 0 Å². The molecule has 0 bridgehead atoms. The molecular formula is C17H12FN3O3. The van der Waals surface area contributed by atoms with Crippen molar-refractivity contribution < 1.29 is 13.7 Å². The van der Waals surface area contributed by atoms with Gasteiger partial charge in [-0.25, -0.2) is 4.39 Å². The number of non-ortho nitro benzene ring substituents is 1. The van der Waals surface area contributed by atoms with E-state index in [0.29, 0.717) is 17.2 Å². The van der Waals surface area contributed by atoms with Crippen molar-refractivity contribution in [2.24, 2.45) is 5.10 Å². The Balaban J connectivity index is 1.67. The monoisotopic (exact) mass is 325 g/mol. The Bertz CT molecular complexity index is 871. The molecule has 0 spiro atoms. The summed E-state index contributed by atoms with van der Waals surface area (Å²) in [4.78, 5) is 10.2. The first kappa shape index (κ1) is 15.4. The highest BCUT2D eigenvalue weighted by molar-refractivity contribution is 5.78. The van der Waals surface area contributed by atoms with Crippen molar-refractivity contribution in [3.05, 3.63) is 82.4 Å². The average Bonchev–Trinajstić information content (AvgIpc) is 3.06. The van der Waals surface area contributed by atoms with Crippen LogP contribution in [-0.4, -0.2) is 11.1 Å². The second-order valence-corrected chi connectivity index (χ2v) is 4.88. The van der Waals surface area contributed by atoms with Crippen LogP contribution in [0.25, 0.3) is 11.3 Å². The first-order valence-electron chi connectivity index (χ1n) is 7.01. The van der Waals surface area contributed by atoms with Crippen LogP contribution in [0, 0.1) is 15.9 Å². The summed E-state index contributed by atoms with van der Waals surface area (Å²) in [6, 6.07) is 15.4. The molecule has 0 saturated heterocycles. The molecule has 0 saturated carbocycles. The molecule has 24 heavy (non-hydrogen) atoms. The number of nitro benzene ring substituents is 1. The zero-order valence-corrected chi connectivity index (χ0v) is 12.3. The number of anilines is 1. The van der Waals surface area contributed by atoms with Crippen molar-refractivity contribution in [3.63, 3.8) is 0 Å². The molecule has 0 aliphatic carbocycles. The number of furan rings is 1. The minimum atomic E-state index is -0.453. The number of rotatable bonds is 5. The minimum absolute atomic E-state index is 0.0237. The molecule has 1 N–H and O–H groups in total. The normalized spacial score (nSPS) is 10.9. The van der Waals surface area contributed by atoms with Crippen molar-refractivity contribution in [1.29, 1.82) is 0 Å². The van der Waals surface area contributed by atoms with Gasteiger partial charge < -0.3 is 4.42 Å². The van der Waals surface area contributed by atoms with Gasteiger partial charge in [-0.1, -0.05) is 0 Å². The summed E-state index contributed by atoms with van der Waals surface area (Å²) >= 11 is 0. The highest BCUT2D eigenvalue weighted by atomic mass is 19.1. The van der Waals surface area contributed by atoms with Gasteiger partial charge in [-0.15, -0.1) is 0 Å². The first-order chi connectivity index (χ1) is 11.6. The molecule has 0 amide bonds. The molecule has 0 fully saturated rings. The van der Waals surface area contributed by atoms with Crippen LogP contribution >= 0.6 is 0 Å². The summed E-state index contributed by atoms with van der Waals surface area (Å²) in [6.45, 7) is 0. The average molecular weight is 325 g/mol. The second kappa shape index (κ2) is 6.74. The maximum Gasteiger partial charge on any atom is 0.269 e. The number of hydrazone groups is 1. The number of benzene rings is 2. The van der Waals surface area contributed by atoms with Crippen LogP contribution in [0.2, 0.25) is 0 Å². The van der Waals surface area contributed by atoms with E-state index >= 15 is 0 Å². The number of nitrogens with zero attached hydrogens (tertiary/aromatic N) is 2. The summed E-state index contributed by atoms with van der Waals surface area (Å²) in [5.41, 5.74) is 4.16.